The molecule has 0 aliphatic rings. The van der Waals surface area contributed by atoms with Gasteiger partial charge in [-0.3, -0.25) is 4.98 Å². The molecule has 0 radical (unpaired) electrons. The van der Waals surface area contributed by atoms with Crippen LogP contribution in [0.4, 0.5) is 11.4 Å². The maximum atomic E-state index is 6.01. The highest BCUT2D eigenvalue weighted by Gasteiger charge is 2.12. The minimum Gasteiger partial charge on any atom is -0.397 e. The molecular formula is C16H23N3. The van der Waals surface area contributed by atoms with E-state index in [0.717, 1.165) is 29.7 Å². The van der Waals surface area contributed by atoms with Gasteiger partial charge in [-0.2, -0.15) is 0 Å². The molecular weight excluding hydrogens is 234 g/mol. The summed E-state index contributed by atoms with van der Waals surface area (Å²) in [5.74, 6) is 0.684. The molecule has 1 heterocycles. The number of fused-ring (bicyclic) bond motifs is 1. The van der Waals surface area contributed by atoms with Crippen LogP contribution in [0, 0.1) is 5.92 Å². The van der Waals surface area contributed by atoms with Crippen molar-refractivity contribution in [2.24, 2.45) is 5.92 Å². The summed E-state index contributed by atoms with van der Waals surface area (Å²) in [6, 6.07) is 8.10. The molecule has 2 N–H and O–H groups in total. The Labute approximate surface area is 115 Å². The molecule has 19 heavy (non-hydrogen) atoms. The zero-order chi connectivity index (χ0) is 13.8. The number of benzene rings is 1. The van der Waals surface area contributed by atoms with Gasteiger partial charge in [0.15, 0.2) is 0 Å². The normalized spacial score (nSPS) is 12.6. The SMILES string of the molecule is CCC(C)CN(CC)c1ccnc2c(N)cccc12. The second-order valence-electron chi connectivity index (χ2n) is 5.13. The molecule has 1 atom stereocenters. The first kappa shape index (κ1) is 13.7. The zero-order valence-electron chi connectivity index (χ0n) is 12.1. The highest BCUT2D eigenvalue weighted by molar-refractivity contribution is 5.97. The lowest BCUT2D eigenvalue weighted by Gasteiger charge is -2.27. The lowest BCUT2D eigenvalue weighted by Crippen LogP contribution is -2.28. The topological polar surface area (TPSA) is 42.2 Å². The van der Waals surface area contributed by atoms with E-state index in [0.29, 0.717) is 5.92 Å². The van der Waals surface area contributed by atoms with Gasteiger partial charge in [-0.15, -0.1) is 0 Å². The van der Waals surface area contributed by atoms with Crippen LogP contribution in [0.2, 0.25) is 0 Å². The fraction of sp³-hybridized carbons (Fsp3) is 0.438. The third-order valence-electron chi connectivity index (χ3n) is 3.73. The van der Waals surface area contributed by atoms with E-state index in [4.69, 9.17) is 5.73 Å². The molecule has 1 aromatic carbocycles. The van der Waals surface area contributed by atoms with Crippen molar-refractivity contribution < 1.29 is 0 Å². The third-order valence-corrected chi connectivity index (χ3v) is 3.73. The summed E-state index contributed by atoms with van der Waals surface area (Å²) in [5, 5.41) is 1.15. The van der Waals surface area contributed by atoms with Gasteiger partial charge in [0.2, 0.25) is 0 Å². The van der Waals surface area contributed by atoms with Gasteiger partial charge in [-0.25, -0.2) is 0 Å². The maximum absolute atomic E-state index is 6.01. The summed E-state index contributed by atoms with van der Waals surface area (Å²) in [5.41, 5.74) is 8.90. The Balaban J connectivity index is 2.45. The average Bonchev–Trinajstić information content (AvgIpc) is 2.44. The van der Waals surface area contributed by atoms with Crippen molar-refractivity contribution in [2.75, 3.05) is 23.7 Å². The third kappa shape index (κ3) is 2.80. The fourth-order valence-electron chi connectivity index (χ4n) is 2.36. The van der Waals surface area contributed by atoms with Gasteiger partial charge in [-0.05, 0) is 25.0 Å². The van der Waals surface area contributed by atoms with Crippen LogP contribution in [0.5, 0.6) is 0 Å². The van der Waals surface area contributed by atoms with Crippen LogP contribution in [-0.4, -0.2) is 18.1 Å². The standard InChI is InChI=1S/C16H23N3/c1-4-12(3)11-19(5-2)15-9-10-18-16-13(15)7-6-8-14(16)17/h6-10,12H,4-5,11,17H2,1-3H3. The van der Waals surface area contributed by atoms with Crippen molar-refractivity contribution in [2.45, 2.75) is 27.2 Å². The van der Waals surface area contributed by atoms with Crippen LogP contribution in [-0.2, 0) is 0 Å². The average molecular weight is 257 g/mol. The predicted molar refractivity (Wildman–Crippen MR) is 83.5 cm³/mol. The van der Waals surface area contributed by atoms with Gasteiger partial charge in [0.1, 0.15) is 0 Å². The van der Waals surface area contributed by atoms with Gasteiger partial charge < -0.3 is 10.6 Å². The van der Waals surface area contributed by atoms with Gasteiger partial charge in [0.05, 0.1) is 11.2 Å². The molecule has 1 unspecified atom stereocenters. The molecule has 0 fully saturated rings. The summed E-state index contributed by atoms with van der Waals surface area (Å²) >= 11 is 0. The monoisotopic (exact) mass is 257 g/mol. The molecule has 2 rings (SSSR count). The smallest absolute Gasteiger partial charge is 0.0951 e. The Hall–Kier alpha value is -1.77. The van der Waals surface area contributed by atoms with E-state index in [-0.39, 0.29) is 0 Å². The fourth-order valence-corrected chi connectivity index (χ4v) is 2.36. The Kier molecular flexibility index (Phi) is 4.25. The summed E-state index contributed by atoms with van der Waals surface area (Å²) in [4.78, 5) is 6.82. The number of nitrogens with zero attached hydrogens (tertiary/aromatic N) is 2. The summed E-state index contributed by atoms with van der Waals surface area (Å²) in [6.45, 7) is 8.79. The highest BCUT2D eigenvalue weighted by atomic mass is 15.1. The Morgan fingerprint density at radius 3 is 2.74 bits per heavy atom. The van der Waals surface area contributed by atoms with E-state index < -0.39 is 0 Å². The van der Waals surface area contributed by atoms with Crippen LogP contribution < -0.4 is 10.6 Å². The van der Waals surface area contributed by atoms with Crippen molar-refractivity contribution in [3.63, 3.8) is 0 Å². The number of pyridine rings is 1. The largest absolute Gasteiger partial charge is 0.397 e. The van der Waals surface area contributed by atoms with E-state index in [1.54, 1.807) is 0 Å². The van der Waals surface area contributed by atoms with E-state index in [1.807, 2.05) is 18.3 Å². The molecule has 3 nitrogen and oxygen atoms in total. The molecule has 0 aliphatic carbocycles. The van der Waals surface area contributed by atoms with Crippen LogP contribution in [0.3, 0.4) is 0 Å². The number of para-hydroxylation sites is 1. The van der Waals surface area contributed by atoms with E-state index in [9.17, 15) is 0 Å². The maximum Gasteiger partial charge on any atom is 0.0951 e. The van der Waals surface area contributed by atoms with Crippen LogP contribution in [0.15, 0.2) is 30.5 Å². The lowest BCUT2D eigenvalue weighted by molar-refractivity contribution is 0.548. The number of nitrogen functional groups attached to an aromatic ring is 1. The molecule has 0 amide bonds. The molecule has 0 saturated heterocycles. The first-order chi connectivity index (χ1) is 9.17. The van der Waals surface area contributed by atoms with Crippen LogP contribution in [0.1, 0.15) is 27.2 Å². The van der Waals surface area contributed by atoms with Crippen molar-refractivity contribution in [3.05, 3.63) is 30.5 Å². The molecule has 0 spiro atoms. The minimum absolute atomic E-state index is 0.684. The number of nitrogens with two attached hydrogens (primary N) is 1. The second-order valence-corrected chi connectivity index (χ2v) is 5.13. The lowest BCUT2D eigenvalue weighted by atomic mass is 10.1. The Morgan fingerprint density at radius 2 is 2.05 bits per heavy atom. The Bertz CT molecular complexity index is 551. The number of aromatic nitrogens is 1. The molecule has 3 heteroatoms. The van der Waals surface area contributed by atoms with Gasteiger partial charge in [0, 0.05) is 30.4 Å². The van der Waals surface area contributed by atoms with Crippen LogP contribution in [0.25, 0.3) is 10.9 Å². The summed E-state index contributed by atoms with van der Waals surface area (Å²) in [7, 11) is 0. The van der Waals surface area contributed by atoms with Crippen molar-refractivity contribution in [1.29, 1.82) is 0 Å². The van der Waals surface area contributed by atoms with Crippen LogP contribution >= 0.6 is 0 Å². The van der Waals surface area contributed by atoms with E-state index in [2.05, 4.69) is 42.8 Å². The predicted octanol–water partition coefficient (Wildman–Crippen LogP) is 3.69. The minimum atomic E-state index is 0.684. The number of hydrogen-bond donors (Lipinski definition) is 1. The Morgan fingerprint density at radius 1 is 1.26 bits per heavy atom. The van der Waals surface area contributed by atoms with E-state index >= 15 is 0 Å². The molecule has 2 aromatic rings. The highest BCUT2D eigenvalue weighted by Crippen LogP contribution is 2.29. The molecule has 0 bridgehead atoms. The van der Waals surface area contributed by atoms with Crippen molar-refractivity contribution in [3.8, 4) is 0 Å². The zero-order valence-corrected chi connectivity index (χ0v) is 12.1. The second kappa shape index (κ2) is 5.91. The first-order valence-corrected chi connectivity index (χ1v) is 7.05. The number of rotatable bonds is 5. The number of anilines is 2. The number of hydrogen-bond acceptors (Lipinski definition) is 3. The first-order valence-electron chi connectivity index (χ1n) is 7.05. The van der Waals surface area contributed by atoms with Gasteiger partial charge in [0.25, 0.3) is 0 Å². The molecule has 102 valence electrons. The van der Waals surface area contributed by atoms with Gasteiger partial charge in [-0.1, -0.05) is 32.4 Å². The molecule has 0 saturated carbocycles. The molecule has 1 aromatic heterocycles. The summed E-state index contributed by atoms with van der Waals surface area (Å²) < 4.78 is 0. The van der Waals surface area contributed by atoms with Gasteiger partial charge >= 0.3 is 0 Å². The van der Waals surface area contributed by atoms with Crippen molar-refractivity contribution >= 4 is 22.3 Å². The van der Waals surface area contributed by atoms with E-state index in [1.165, 1.54) is 12.1 Å². The van der Waals surface area contributed by atoms with Crippen molar-refractivity contribution in [1.82, 2.24) is 4.98 Å². The quantitative estimate of drug-likeness (QED) is 0.831. The summed E-state index contributed by atoms with van der Waals surface area (Å²) in [6.07, 6.45) is 3.05. The molecule has 0 aliphatic heterocycles.